The molecule has 0 atom stereocenters. The van der Waals surface area contributed by atoms with Crippen LogP contribution in [-0.4, -0.2) is 17.2 Å². The normalized spacial score (nSPS) is 16.1. The van der Waals surface area contributed by atoms with E-state index in [-0.39, 0.29) is 18.2 Å². The molecule has 5 heteroatoms. The van der Waals surface area contributed by atoms with E-state index in [9.17, 15) is 9.18 Å². The Hall–Kier alpha value is -1.46. The molecule has 1 aromatic carbocycles. The highest BCUT2D eigenvalue weighted by atomic mass is 19.1. The van der Waals surface area contributed by atoms with Gasteiger partial charge in [-0.3, -0.25) is 4.84 Å². The summed E-state index contributed by atoms with van der Waals surface area (Å²) in [6.45, 7) is 0.170. The average molecular weight is 253 g/mol. The molecule has 0 bridgehead atoms. The van der Waals surface area contributed by atoms with Crippen LogP contribution in [0, 0.1) is 5.82 Å². The molecular weight excluding hydrogens is 237 g/mol. The summed E-state index contributed by atoms with van der Waals surface area (Å²) in [6, 6.07) is 3.73. The molecule has 18 heavy (non-hydrogen) atoms. The molecule has 2 rings (SSSR count). The van der Waals surface area contributed by atoms with E-state index in [4.69, 9.17) is 9.94 Å². The molecule has 0 amide bonds. The van der Waals surface area contributed by atoms with E-state index >= 15 is 0 Å². The van der Waals surface area contributed by atoms with E-state index in [2.05, 4.69) is 5.48 Å². The van der Waals surface area contributed by atoms with Gasteiger partial charge in [0.1, 0.15) is 5.82 Å². The van der Waals surface area contributed by atoms with Crippen molar-refractivity contribution < 1.29 is 19.1 Å². The van der Waals surface area contributed by atoms with Gasteiger partial charge in [-0.05, 0) is 31.0 Å². The van der Waals surface area contributed by atoms with Gasteiger partial charge >= 0.3 is 5.97 Å². The zero-order chi connectivity index (χ0) is 13.0. The van der Waals surface area contributed by atoms with Gasteiger partial charge in [0.25, 0.3) is 0 Å². The molecule has 0 aliphatic heterocycles. The smallest absolute Gasteiger partial charge is 0.335 e. The lowest BCUT2D eigenvalue weighted by atomic mass is 10.1. The second kappa shape index (κ2) is 5.93. The molecule has 98 valence electrons. The minimum Gasteiger partial charge on any atom is -0.478 e. The lowest BCUT2D eigenvalue weighted by Gasteiger charge is -2.12. The highest BCUT2D eigenvalue weighted by Crippen LogP contribution is 2.20. The Bertz CT molecular complexity index is 430. The van der Waals surface area contributed by atoms with Crippen LogP contribution in [0.25, 0.3) is 0 Å². The number of rotatable bonds is 5. The lowest BCUT2D eigenvalue weighted by Crippen LogP contribution is -2.22. The van der Waals surface area contributed by atoms with Crippen molar-refractivity contribution in [1.29, 1.82) is 0 Å². The number of carbonyl (C=O) groups is 1. The molecule has 0 radical (unpaired) electrons. The maximum atomic E-state index is 13.4. The first kappa shape index (κ1) is 13.0. The molecule has 1 saturated carbocycles. The molecule has 1 aromatic rings. The Morgan fingerprint density at radius 3 is 2.83 bits per heavy atom. The molecule has 0 unspecified atom stereocenters. The number of hydroxylamine groups is 1. The van der Waals surface area contributed by atoms with Crippen molar-refractivity contribution >= 4 is 5.97 Å². The highest BCUT2D eigenvalue weighted by Gasteiger charge is 2.15. The van der Waals surface area contributed by atoms with Crippen LogP contribution in [0.15, 0.2) is 18.2 Å². The molecule has 0 spiro atoms. The fourth-order valence-electron chi connectivity index (χ4n) is 2.09. The van der Waals surface area contributed by atoms with Crippen LogP contribution in [0.3, 0.4) is 0 Å². The Kier molecular flexibility index (Phi) is 4.28. The van der Waals surface area contributed by atoms with Crippen molar-refractivity contribution in [2.45, 2.75) is 38.3 Å². The van der Waals surface area contributed by atoms with Crippen LogP contribution in [0.1, 0.15) is 41.6 Å². The molecule has 0 aromatic heterocycles. The molecule has 1 fully saturated rings. The third kappa shape index (κ3) is 3.27. The third-order valence-corrected chi connectivity index (χ3v) is 3.11. The Labute approximate surface area is 105 Å². The second-order valence-electron chi connectivity index (χ2n) is 4.46. The molecule has 0 saturated heterocycles. The number of carboxylic acid groups (broad SMARTS) is 1. The van der Waals surface area contributed by atoms with Gasteiger partial charge in [0.2, 0.25) is 0 Å². The number of hydrogen-bond acceptors (Lipinski definition) is 3. The fourth-order valence-corrected chi connectivity index (χ4v) is 2.09. The van der Waals surface area contributed by atoms with Crippen LogP contribution in [0.2, 0.25) is 0 Å². The van der Waals surface area contributed by atoms with E-state index in [1.54, 1.807) is 0 Å². The Morgan fingerprint density at radius 1 is 1.44 bits per heavy atom. The summed E-state index contributed by atoms with van der Waals surface area (Å²) in [4.78, 5) is 16.2. The molecule has 2 N–H and O–H groups in total. The molecule has 4 nitrogen and oxygen atoms in total. The van der Waals surface area contributed by atoms with Crippen LogP contribution >= 0.6 is 0 Å². The van der Waals surface area contributed by atoms with Gasteiger partial charge in [-0.1, -0.05) is 12.8 Å². The maximum absolute atomic E-state index is 13.4. The molecule has 1 aliphatic rings. The molecular formula is C13H16FNO3. The fraction of sp³-hybridized carbons (Fsp3) is 0.462. The molecule has 0 heterocycles. The van der Waals surface area contributed by atoms with Gasteiger partial charge in [-0.2, -0.15) is 5.48 Å². The number of benzene rings is 1. The van der Waals surface area contributed by atoms with Crippen molar-refractivity contribution in [2.24, 2.45) is 0 Å². The summed E-state index contributed by atoms with van der Waals surface area (Å²) < 4.78 is 13.4. The van der Waals surface area contributed by atoms with E-state index in [1.165, 1.54) is 12.1 Å². The number of aromatic carboxylic acids is 1. The van der Waals surface area contributed by atoms with Gasteiger partial charge in [0.05, 0.1) is 11.7 Å². The summed E-state index contributed by atoms with van der Waals surface area (Å²) in [5.41, 5.74) is 3.09. The largest absolute Gasteiger partial charge is 0.478 e. The van der Waals surface area contributed by atoms with Crippen LogP contribution in [-0.2, 0) is 11.4 Å². The van der Waals surface area contributed by atoms with E-state index < -0.39 is 11.8 Å². The first-order valence-electron chi connectivity index (χ1n) is 6.07. The van der Waals surface area contributed by atoms with Crippen LogP contribution in [0.4, 0.5) is 4.39 Å². The lowest BCUT2D eigenvalue weighted by molar-refractivity contribution is -0.0248. The van der Waals surface area contributed by atoms with Crippen molar-refractivity contribution in [1.82, 2.24) is 5.48 Å². The van der Waals surface area contributed by atoms with Crippen LogP contribution in [0.5, 0.6) is 0 Å². The quantitative estimate of drug-likeness (QED) is 0.791. The second-order valence-corrected chi connectivity index (χ2v) is 4.46. The van der Waals surface area contributed by atoms with E-state index in [0.29, 0.717) is 5.56 Å². The zero-order valence-corrected chi connectivity index (χ0v) is 9.99. The monoisotopic (exact) mass is 253 g/mol. The Morgan fingerprint density at radius 2 is 2.17 bits per heavy atom. The first-order chi connectivity index (χ1) is 8.66. The summed E-state index contributed by atoms with van der Waals surface area (Å²) in [7, 11) is 0. The van der Waals surface area contributed by atoms with Crippen LogP contribution < -0.4 is 5.48 Å². The Balaban J connectivity index is 1.91. The average Bonchev–Trinajstić information content (AvgIpc) is 2.84. The molecule has 1 aliphatic carbocycles. The summed E-state index contributed by atoms with van der Waals surface area (Å²) in [5.74, 6) is -1.49. The first-order valence-corrected chi connectivity index (χ1v) is 6.07. The zero-order valence-electron chi connectivity index (χ0n) is 9.99. The predicted octanol–water partition coefficient (Wildman–Crippen LogP) is 2.49. The maximum Gasteiger partial charge on any atom is 0.335 e. The van der Waals surface area contributed by atoms with Gasteiger partial charge in [-0.25, -0.2) is 9.18 Å². The summed E-state index contributed by atoms with van der Waals surface area (Å²) in [5, 5.41) is 8.82. The summed E-state index contributed by atoms with van der Waals surface area (Å²) in [6.07, 6.45) is 4.55. The van der Waals surface area contributed by atoms with E-state index in [1.807, 2.05) is 0 Å². The minimum absolute atomic E-state index is 0.0778. The summed E-state index contributed by atoms with van der Waals surface area (Å²) >= 11 is 0. The SMILES string of the molecule is O=C(O)c1ccc(F)c(CNOC2CCCC2)c1. The van der Waals surface area contributed by atoms with Gasteiger partial charge in [0.15, 0.2) is 0 Å². The van der Waals surface area contributed by atoms with Crippen molar-refractivity contribution in [3.63, 3.8) is 0 Å². The third-order valence-electron chi connectivity index (χ3n) is 3.11. The van der Waals surface area contributed by atoms with Gasteiger partial charge in [-0.15, -0.1) is 0 Å². The minimum atomic E-state index is -1.06. The van der Waals surface area contributed by atoms with Crippen molar-refractivity contribution in [2.75, 3.05) is 0 Å². The highest BCUT2D eigenvalue weighted by molar-refractivity contribution is 5.87. The number of hydrogen-bond donors (Lipinski definition) is 2. The topological polar surface area (TPSA) is 58.6 Å². The van der Waals surface area contributed by atoms with Crippen molar-refractivity contribution in [3.8, 4) is 0 Å². The van der Waals surface area contributed by atoms with Crippen molar-refractivity contribution in [3.05, 3.63) is 35.1 Å². The standard InChI is InChI=1S/C13H16FNO3/c14-12-6-5-9(13(16)17)7-10(12)8-15-18-11-3-1-2-4-11/h5-7,11,15H,1-4,8H2,(H,16,17). The van der Waals surface area contributed by atoms with Gasteiger partial charge < -0.3 is 5.11 Å². The number of nitrogens with one attached hydrogen (secondary N) is 1. The predicted molar refractivity (Wildman–Crippen MR) is 63.5 cm³/mol. The number of carboxylic acids is 1. The number of halogens is 1. The van der Waals surface area contributed by atoms with E-state index in [0.717, 1.165) is 31.7 Å². The van der Waals surface area contributed by atoms with Gasteiger partial charge in [0, 0.05) is 12.1 Å².